The number of amides is 1. The third-order valence-corrected chi connectivity index (χ3v) is 7.91. The molecule has 1 aliphatic heterocycles. The molecule has 6 nitrogen and oxygen atoms in total. The minimum Gasteiger partial charge on any atom is -0.332 e. The molecule has 1 heterocycles. The topological polar surface area (TPSA) is 78.5 Å². The third-order valence-electron chi connectivity index (χ3n) is 5.80. The highest BCUT2D eigenvalue weighted by Gasteiger charge is 2.25. The summed E-state index contributed by atoms with van der Waals surface area (Å²) >= 11 is 5.27. The van der Waals surface area contributed by atoms with Crippen molar-refractivity contribution >= 4 is 38.9 Å². The quantitative estimate of drug-likeness (QED) is 0.487. The van der Waals surface area contributed by atoms with Gasteiger partial charge in [0.1, 0.15) is 0 Å². The van der Waals surface area contributed by atoms with Gasteiger partial charge in [-0.2, -0.15) is 4.31 Å². The van der Waals surface area contributed by atoms with Gasteiger partial charge in [0.15, 0.2) is 5.11 Å². The predicted octanol–water partition coefficient (Wildman–Crippen LogP) is 5.05. The molecule has 0 spiro atoms. The summed E-state index contributed by atoms with van der Waals surface area (Å²) in [5.41, 5.74) is 3.18. The lowest BCUT2D eigenvalue weighted by Gasteiger charge is -2.20. The fourth-order valence-electron chi connectivity index (χ4n) is 3.92. The lowest BCUT2D eigenvalue weighted by atomic mass is 10.0. The minimum atomic E-state index is -3.51. The molecule has 3 aromatic rings. The van der Waals surface area contributed by atoms with Gasteiger partial charge >= 0.3 is 0 Å². The number of hydrogen-bond acceptors (Lipinski definition) is 4. The average molecular weight is 494 g/mol. The first-order valence-electron chi connectivity index (χ1n) is 11.3. The number of anilines is 1. The number of rotatable bonds is 5. The number of nitrogens with one attached hydrogen (secondary N) is 2. The number of benzene rings is 3. The molecule has 0 saturated carbocycles. The molecular weight excluding hydrogens is 466 g/mol. The molecule has 0 aromatic heterocycles. The Balaban J connectivity index is 1.35. The molecule has 1 fully saturated rings. The van der Waals surface area contributed by atoms with Gasteiger partial charge in [-0.3, -0.25) is 10.1 Å². The highest BCUT2D eigenvalue weighted by atomic mass is 32.2. The van der Waals surface area contributed by atoms with Crippen LogP contribution in [0.25, 0.3) is 11.1 Å². The van der Waals surface area contributed by atoms with E-state index in [1.54, 1.807) is 40.7 Å². The summed E-state index contributed by atoms with van der Waals surface area (Å²) in [6, 6.07) is 23.6. The van der Waals surface area contributed by atoms with Crippen LogP contribution in [0.5, 0.6) is 0 Å². The number of nitrogens with zero attached hydrogens (tertiary/aromatic N) is 1. The Morgan fingerprint density at radius 1 is 0.765 bits per heavy atom. The molecule has 4 rings (SSSR count). The molecule has 176 valence electrons. The van der Waals surface area contributed by atoms with Gasteiger partial charge in [-0.1, -0.05) is 55.3 Å². The van der Waals surface area contributed by atoms with Crippen LogP contribution in [0, 0.1) is 0 Å². The zero-order valence-corrected chi connectivity index (χ0v) is 20.4. The minimum absolute atomic E-state index is 0.139. The normalized spacial score (nSPS) is 14.7. The molecule has 1 aliphatic rings. The Labute approximate surface area is 206 Å². The molecule has 0 atom stereocenters. The fourth-order valence-corrected chi connectivity index (χ4v) is 5.65. The second kappa shape index (κ2) is 10.9. The number of hydrogen-bond donors (Lipinski definition) is 2. The van der Waals surface area contributed by atoms with Crippen LogP contribution in [0.2, 0.25) is 0 Å². The summed E-state index contributed by atoms with van der Waals surface area (Å²) in [5, 5.41) is 5.74. The predicted molar refractivity (Wildman–Crippen MR) is 139 cm³/mol. The van der Waals surface area contributed by atoms with E-state index >= 15 is 0 Å². The van der Waals surface area contributed by atoms with Gasteiger partial charge < -0.3 is 5.32 Å². The van der Waals surface area contributed by atoms with Crippen LogP contribution in [0.1, 0.15) is 36.0 Å². The Morgan fingerprint density at radius 3 is 1.97 bits per heavy atom. The molecule has 0 unspecified atom stereocenters. The van der Waals surface area contributed by atoms with Gasteiger partial charge in [0.2, 0.25) is 10.0 Å². The van der Waals surface area contributed by atoms with Crippen molar-refractivity contribution in [3.63, 3.8) is 0 Å². The Bertz CT molecular complexity index is 1230. The third kappa shape index (κ3) is 5.88. The average Bonchev–Trinajstić information content (AvgIpc) is 3.15. The van der Waals surface area contributed by atoms with Crippen LogP contribution in [0.15, 0.2) is 83.8 Å². The van der Waals surface area contributed by atoms with E-state index in [4.69, 9.17) is 12.2 Å². The summed E-state index contributed by atoms with van der Waals surface area (Å²) in [6.07, 6.45) is 3.91. The second-order valence-corrected chi connectivity index (χ2v) is 10.5. The number of carbonyl (C=O) groups excluding carboxylic acids is 1. The SMILES string of the molecule is O=C(NC(=S)Nc1ccc(S(=O)(=O)N2CCCCCC2)cc1)c1ccc(-c2ccccc2)cc1. The summed E-state index contributed by atoms with van der Waals surface area (Å²) in [5.74, 6) is -0.322. The van der Waals surface area contributed by atoms with Crippen molar-refractivity contribution in [2.75, 3.05) is 18.4 Å². The van der Waals surface area contributed by atoms with E-state index in [0.717, 1.165) is 36.8 Å². The summed E-state index contributed by atoms with van der Waals surface area (Å²) in [6.45, 7) is 1.12. The maximum atomic E-state index is 12.9. The summed E-state index contributed by atoms with van der Waals surface area (Å²) < 4.78 is 27.4. The van der Waals surface area contributed by atoms with Crippen LogP contribution in [-0.2, 0) is 10.0 Å². The highest BCUT2D eigenvalue weighted by Crippen LogP contribution is 2.22. The Kier molecular flexibility index (Phi) is 7.72. The van der Waals surface area contributed by atoms with Crippen LogP contribution in [0.3, 0.4) is 0 Å². The largest absolute Gasteiger partial charge is 0.332 e. The molecule has 0 bridgehead atoms. The van der Waals surface area contributed by atoms with Crippen LogP contribution in [-0.4, -0.2) is 36.8 Å². The molecule has 2 N–H and O–H groups in total. The van der Waals surface area contributed by atoms with E-state index in [1.807, 2.05) is 42.5 Å². The number of thiocarbonyl (C=S) groups is 1. The first-order valence-corrected chi connectivity index (χ1v) is 13.2. The lowest BCUT2D eigenvalue weighted by molar-refractivity contribution is 0.0977. The fraction of sp³-hybridized carbons (Fsp3) is 0.231. The van der Waals surface area contributed by atoms with Crippen molar-refractivity contribution in [1.29, 1.82) is 0 Å². The van der Waals surface area contributed by atoms with Crippen LogP contribution < -0.4 is 10.6 Å². The Morgan fingerprint density at radius 2 is 1.35 bits per heavy atom. The van der Waals surface area contributed by atoms with Gasteiger partial charge in [0.05, 0.1) is 4.90 Å². The van der Waals surface area contributed by atoms with Crippen molar-refractivity contribution in [2.24, 2.45) is 0 Å². The summed E-state index contributed by atoms with van der Waals surface area (Å²) in [4.78, 5) is 12.8. The Hall–Kier alpha value is -3.07. The van der Waals surface area contributed by atoms with Crippen molar-refractivity contribution in [2.45, 2.75) is 30.6 Å². The van der Waals surface area contributed by atoms with Gasteiger partial charge in [0.25, 0.3) is 5.91 Å². The van der Waals surface area contributed by atoms with Gasteiger partial charge in [-0.25, -0.2) is 8.42 Å². The molecule has 1 saturated heterocycles. The van der Waals surface area contributed by atoms with E-state index in [0.29, 0.717) is 24.3 Å². The zero-order chi connectivity index (χ0) is 24.0. The lowest BCUT2D eigenvalue weighted by Crippen LogP contribution is -2.34. The maximum Gasteiger partial charge on any atom is 0.257 e. The number of carbonyl (C=O) groups is 1. The van der Waals surface area contributed by atoms with E-state index < -0.39 is 10.0 Å². The number of sulfonamides is 1. The van der Waals surface area contributed by atoms with Gasteiger partial charge in [-0.05, 0) is 72.6 Å². The molecule has 3 aromatic carbocycles. The van der Waals surface area contributed by atoms with Crippen molar-refractivity contribution in [3.05, 3.63) is 84.4 Å². The molecule has 1 amide bonds. The van der Waals surface area contributed by atoms with E-state index in [2.05, 4.69) is 10.6 Å². The molecule has 0 aliphatic carbocycles. The first-order chi connectivity index (χ1) is 16.4. The van der Waals surface area contributed by atoms with Crippen LogP contribution in [0.4, 0.5) is 5.69 Å². The smallest absolute Gasteiger partial charge is 0.257 e. The monoisotopic (exact) mass is 493 g/mol. The standard InChI is InChI=1S/C26H27N3O3S2/c30-25(22-12-10-21(11-13-22)20-8-4-3-5-9-20)28-26(33)27-23-14-16-24(17-15-23)34(31,32)29-18-6-1-2-7-19-29/h3-5,8-17H,1-2,6-7,18-19H2,(H2,27,28,30,33). The van der Waals surface area contributed by atoms with E-state index in [9.17, 15) is 13.2 Å². The molecule has 0 radical (unpaired) electrons. The first kappa shape index (κ1) is 24.1. The van der Waals surface area contributed by atoms with Gasteiger partial charge in [-0.15, -0.1) is 0 Å². The van der Waals surface area contributed by atoms with Crippen molar-refractivity contribution in [3.8, 4) is 11.1 Å². The van der Waals surface area contributed by atoms with E-state index in [1.165, 1.54) is 0 Å². The molecular formula is C26H27N3O3S2. The molecule has 34 heavy (non-hydrogen) atoms. The van der Waals surface area contributed by atoms with E-state index in [-0.39, 0.29) is 15.9 Å². The van der Waals surface area contributed by atoms with Gasteiger partial charge in [0, 0.05) is 24.3 Å². The van der Waals surface area contributed by atoms with Crippen LogP contribution >= 0.6 is 12.2 Å². The molecule has 8 heteroatoms. The summed E-state index contributed by atoms with van der Waals surface area (Å²) in [7, 11) is -3.51. The maximum absolute atomic E-state index is 12.9. The van der Waals surface area contributed by atoms with Crippen molar-refractivity contribution in [1.82, 2.24) is 9.62 Å². The highest BCUT2D eigenvalue weighted by molar-refractivity contribution is 7.89. The second-order valence-electron chi connectivity index (χ2n) is 8.19. The zero-order valence-electron chi connectivity index (χ0n) is 18.7. The van der Waals surface area contributed by atoms with Crippen molar-refractivity contribution < 1.29 is 13.2 Å².